The van der Waals surface area contributed by atoms with E-state index in [9.17, 15) is 0 Å². The second-order valence-electron chi connectivity index (χ2n) is 16.4. The van der Waals surface area contributed by atoms with Gasteiger partial charge in [-0.2, -0.15) is 0 Å². The third-order valence-electron chi connectivity index (χ3n) is 9.52. The van der Waals surface area contributed by atoms with Gasteiger partial charge in [0.15, 0.2) is 0 Å². The summed E-state index contributed by atoms with van der Waals surface area (Å²) in [6.45, 7) is 19.9. The molecule has 0 bridgehead atoms. The number of benzene rings is 4. The van der Waals surface area contributed by atoms with E-state index in [0.717, 1.165) is 41.2 Å². The molecule has 0 amide bonds. The summed E-state index contributed by atoms with van der Waals surface area (Å²) in [4.78, 5) is 0. The van der Waals surface area contributed by atoms with Crippen LogP contribution in [0.3, 0.4) is 0 Å². The van der Waals surface area contributed by atoms with Gasteiger partial charge in [0, 0.05) is 16.4 Å². The fourth-order valence-electron chi connectivity index (χ4n) is 7.53. The van der Waals surface area contributed by atoms with Crippen molar-refractivity contribution in [3.63, 3.8) is 0 Å². The van der Waals surface area contributed by atoms with Crippen molar-refractivity contribution in [3.8, 4) is 17.2 Å². The molecule has 6 nitrogen and oxygen atoms in total. The number of rotatable bonds is 11. The first-order chi connectivity index (χ1) is 23.0. The molecule has 1 fully saturated rings. The van der Waals surface area contributed by atoms with Crippen molar-refractivity contribution in [2.75, 3.05) is 6.61 Å². The third kappa shape index (κ3) is 9.45. The Bertz CT molecular complexity index is 1700. The van der Waals surface area contributed by atoms with E-state index in [2.05, 4.69) is 104 Å². The van der Waals surface area contributed by atoms with Gasteiger partial charge in [0.25, 0.3) is 0 Å². The highest BCUT2D eigenvalue weighted by Gasteiger charge is 2.43. The maximum Gasteiger partial charge on any atom is 0.204 e. The molecule has 49 heavy (non-hydrogen) atoms. The van der Waals surface area contributed by atoms with Gasteiger partial charge in [-0.1, -0.05) is 97.9 Å². The number of hydrogen-bond donors (Lipinski definition) is 2. The number of nitrogens with two attached hydrogens (primary N) is 1. The first-order valence-electron chi connectivity index (χ1n) is 17.3. The molecule has 6 heteroatoms. The average Bonchev–Trinajstić information content (AvgIpc) is 3.04. The molecule has 260 valence electrons. The predicted octanol–water partition coefficient (Wildman–Crippen LogP) is 10.0. The van der Waals surface area contributed by atoms with Crippen LogP contribution in [0.15, 0.2) is 97.1 Å². The molecular formula is C43H54N2O4. The van der Waals surface area contributed by atoms with Crippen LogP contribution in [-0.2, 0) is 23.4 Å². The molecule has 1 unspecified atom stereocenters. The van der Waals surface area contributed by atoms with E-state index < -0.39 is 0 Å². The van der Waals surface area contributed by atoms with E-state index in [1.165, 1.54) is 11.1 Å². The zero-order chi connectivity index (χ0) is 35.5. The molecule has 0 radical (unpaired) electrons. The van der Waals surface area contributed by atoms with Crippen LogP contribution in [0.5, 0.6) is 17.2 Å². The number of hydrogen-bond acceptors (Lipinski definition) is 5. The average molecular weight is 663 g/mol. The van der Waals surface area contributed by atoms with Gasteiger partial charge in [-0.3, -0.25) is 5.41 Å². The highest BCUT2D eigenvalue weighted by atomic mass is 16.7. The van der Waals surface area contributed by atoms with Gasteiger partial charge in [-0.15, -0.1) is 0 Å². The van der Waals surface area contributed by atoms with Gasteiger partial charge in [-0.25, -0.2) is 0 Å². The van der Waals surface area contributed by atoms with Crippen molar-refractivity contribution in [2.45, 2.75) is 93.2 Å². The smallest absolute Gasteiger partial charge is 0.204 e. The second kappa shape index (κ2) is 14.3. The molecule has 1 aliphatic heterocycles. The first-order valence-corrected chi connectivity index (χ1v) is 17.3. The molecule has 0 saturated carbocycles. The summed E-state index contributed by atoms with van der Waals surface area (Å²) in [5.41, 5.74) is 10.7. The van der Waals surface area contributed by atoms with Crippen LogP contribution < -0.4 is 19.9 Å². The maximum absolute atomic E-state index is 7.53. The van der Waals surface area contributed by atoms with Crippen LogP contribution in [0, 0.1) is 21.7 Å². The Labute approximate surface area is 293 Å². The van der Waals surface area contributed by atoms with Crippen LogP contribution in [0.25, 0.3) is 0 Å². The Balaban J connectivity index is 1.17. The molecule has 0 aliphatic carbocycles. The minimum atomic E-state index is -0.314. The maximum atomic E-state index is 7.53. The Morgan fingerprint density at radius 1 is 0.714 bits per heavy atom. The fourth-order valence-corrected chi connectivity index (χ4v) is 7.53. The normalized spacial score (nSPS) is 18.5. The minimum absolute atomic E-state index is 0.0441. The van der Waals surface area contributed by atoms with Crippen molar-refractivity contribution in [2.24, 2.45) is 22.0 Å². The van der Waals surface area contributed by atoms with Crippen molar-refractivity contribution in [1.29, 1.82) is 5.41 Å². The van der Waals surface area contributed by atoms with Gasteiger partial charge in [0.05, 0.1) is 6.61 Å². The summed E-state index contributed by atoms with van der Waals surface area (Å²) >= 11 is 0. The zero-order valence-electron chi connectivity index (χ0n) is 30.6. The fraction of sp³-hybridized carbons (Fsp3) is 0.419. The molecule has 1 aliphatic rings. The lowest BCUT2D eigenvalue weighted by molar-refractivity contribution is -0.189. The van der Waals surface area contributed by atoms with Gasteiger partial charge in [0.1, 0.15) is 36.3 Å². The van der Waals surface area contributed by atoms with Crippen molar-refractivity contribution in [1.82, 2.24) is 0 Å². The van der Waals surface area contributed by atoms with Crippen molar-refractivity contribution in [3.05, 3.63) is 125 Å². The zero-order valence-corrected chi connectivity index (χ0v) is 30.6. The number of ether oxygens (including phenoxy) is 4. The lowest BCUT2D eigenvalue weighted by Crippen LogP contribution is -2.45. The predicted molar refractivity (Wildman–Crippen MR) is 199 cm³/mol. The molecular weight excluding hydrogens is 608 g/mol. The number of nitrogen functional groups attached to an aromatic ring is 1. The van der Waals surface area contributed by atoms with E-state index in [1.54, 1.807) is 12.1 Å². The Morgan fingerprint density at radius 3 is 1.71 bits per heavy atom. The molecule has 1 atom stereocenters. The summed E-state index contributed by atoms with van der Waals surface area (Å²) in [5.74, 6) is 2.43. The monoisotopic (exact) mass is 662 g/mol. The molecule has 4 aromatic carbocycles. The second-order valence-corrected chi connectivity index (χ2v) is 16.4. The summed E-state index contributed by atoms with van der Waals surface area (Å²) in [6, 6.07) is 32.3. The summed E-state index contributed by atoms with van der Waals surface area (Å²) in [7, 11) is 0. The van der Waals surface area contributed by atoms with Crippen LogP contribution in [0.1, 0.15) is 96.0 Å². The van der Waals surface area contributed by atoms with Gasteiger partial charge in [-0.05, 0) is 101 Å². The Morgan fingerprint density at radius 2 is 1.20 bits per heavy atom. The lowest BCUT2D eigenvalue weighted by atomic mass is 9.66. The molecule has 4 aromatic rings. The topological polar surface area (TPSA) is 86.8 Å². The summed E-state index contributed by atoms with van der Waals surface area (Å²) in [6.07, 6.45) is 1.84. The molecule has 5 rings (SSSR count). The molecule has 3 N–H and O–H groups in total. The quantitative estimate of drug-likeness (QED) is 0.123. The summed E-state index contributed by atoms with van der Waals surface area (Å²) < 4.78 is 25.1. The highest BCUT2D eigenvalue weighted by molar-refractivity contribution is 5.94. The van der Waals surface area contributed by atoms with Gasteiger partial charge < -0.3 is 24.7 Å². The van der Waals surface area contributed by atoms with E-state index in [4.69, 9.17) is 30.1 Å². The first kappa shape index (κ1) is 36.0. The third-order valence-corrected chi connectivity index (χ3v) is 9.52. The minimum Gasteiger partial charge on any atom is -0.489 e. The van der Waals surface area contributed by atoms with Crippen LogP contribution >= 0.6 is 0 Å². The number of amidine groups is 1. The largest absolute Gasteiger partial charge is 0.489 e. The lowest BCUT2D eigenvalue weighted by Gasteiger charge is -2.46. The highest BCUT2D eigenvalue weighted by Crippen LogP contribution is 2.47. The van der Waals surface area contributed by atoms with Crippen LogP contribution in [0.4, 0.5) is 0 Å². The molecule has 1 saturated heterocycles. The van der Waals surface area contributed by atoms with E-state index >= 15 is 0 Å². The number of nitrogens with one attached hydrogen (secondary N) is 1. The summed E-state index contributed by atoms with van der Waals surface area (Å²) in [5, 5.41) is 7.53. The molecule has 0 spiro atoms. The Kier molecular flexibility index (Phi) is 10.5. The van der Waals surface area contributed by atoms with Crippen molar-refractivity contribution < 1.29 is 18.9 Å². The molecule has 0 aromatic heterocycles. The van der Waals surface area contributed by atoms with E-state index in [-0.39, 0.29) is 33.8 Å². The van der Waals surface area contributed by atoms with Crippen molar-refractivity contribution >= 4 is 5.84 Å². The molecule has 1 heterocycles. The van der Waals surface area contributed by atoms with E-state index in [0.29, 0.717) is 25.4 Å². The SMILES string of the molecule is CC1(C)COC(Oc2ccc(C(C)(C)c3ccc(OCc4cccc(COc5ccc(C(=N)N)cc5)c4)cc3)cc2)C(C)(C)CC(C)(C)C1. The van der Waals surface area contributed by atoms with Gasteiger partial charge >= 0.3 is 0 Å². The standard InChI is InChI=1S/C43H54N2O4/c1-40(2)27-41(3,4)29-48-39(42(5,6)28-40)49-37-22-16-34(17-23-37)43(7,8)33-14-20-36(21-15-33)47-26-31-11-9-10-30(24-31)25-46-35-18-12-32(13-19-35)38(44)45/h9-24,39H,25-29H2,1-8H3,(H3,44,45). The van der Waals surface area contributed by atoms with Crippen LogP contribution in [-0.4, -0.2) is 18.7 Å². The van der Waals surface area contributed by atoms with Gasteiger partial charge in [0.2, 0.25) is 6.29 Å². The van der Waals surface area contributed by atoms with Crippen LogP contribution in [0.2, 0.25) is 0 Å². The Hall–Kier alpha value is -4.29. The van der Waals surface area contributed by atoms with E-state index in [1.807, 2.05) is 36.4 Å².